The Bertz CT molecular complexity index is 668. The van der Waals surface area contributed by atoms with E-state index in [0.717, 1.165) is 5.56 Å². The lowest BCUT2D eigenvalue weighted by Crippen LogP contribution is -2.22. The highest BCUT2D eigenvalue weighted by molar-refractivity contribution is 7.97. The van der Waals surface area contributed by atoms with Gasteiger partial charge < -0.3 is 4.98 Å². The van der Waals surface area contributed by atoms with E-state index in [1.54, 1.807) is 23.9 Å². The molecule has 1 aromatic heterocycles. The van der Waals surface area contributed by atoms with Crippen LogP contribution in [0.5, 0.6) is 0 Å². The number of halogens is 2. The van der Waals surface area contributed by atoms with Gasteiger partial charge in [-0.1, -0.05) is 29.3 Å². The van der Waals surface area contributed by atoms with Crippen molar-refractivity contribution in [3.63, 3.8) is 0 Å². The summed E-state index contributed by atoms with van der Waals surface area (Å²) in [6, 6.07) is 6.82. The Labute approximate surface area is 123 Å². The minimum atomic E-state index is -0.488. The average molecular weight is 317 g/mol. The summed E-state index contributed by atoms with van der Waals surface area (Å²) in [4.78, 5) is 26.9. The lowest BCUT2D eigenvalue weighted by Gasteiger charge is -2.03. The minimum absolute atomic E-state index is 0.395. The normalized spacial score (nSPS) is 10.6. The average Bonchev–Trinajstić information content (AvgIpc) is 2.32. The molecule has 0 fully saturated rings. The molecule has 0 aliphatic heterocycles. The Morgan fingerprint density at radius 2 is 1.79 bits per heavy atom. The number of aromatic nitrogens is 2. The molecule has 100 valence electrons. The van der Waals surface area contributed by atoms with Crippen molar-refractivity contribution in [2.24, 2.45) is 0 Å². The molecule has 0 saturated carbocycles. The fourth-order valence-corrected chi connectivity index (χ4v) is 2.72. The van der Waals surface area contributed by atoms with E-state index in [2.05, 4.69) is 9.97 Å². The summed E-state index contributed by atoms with van der Waals surface area (Å²) in [6.45, 7) is 0. The number of thioether (sulfide) groups is 1. The van der Waals surface area contributed by atoms with Gasteiger partial charge in [0, 0.05) is 23.3 Å². The first-order valence-electron chi connectivity index (χ1n) is 5.39. The fourth-order valence-electron chi connectivity index (χ4n) is 1.51. The maximum atomic E-state index is 11.1. The lowest BCUT2D eigenvalue weighted by atomic mass is 10.2. The van der Waals surface area contributed by atoms with E-state index >= 15 is 0 Å². The number of benzene rings is 1. The summed E-state index contributed by atoms with van der Waals surface area (Å²) >= 11 is 13.3. The molecule has 1 aromatic carbocycles. The Kier molecular flexibility index (Phi) is 4.74. The smallest absolute Gasteiger partial charge is 0.310 e. The van der Waals surface area contributed by atoms with E-state index in [9.17, 15) is 9.59 Å². The van der Waals surface area contributed by atoms with Crippen molar-refractivity contribution >= 4 is 35.0 Å². The molecule has 1 heterocycles. The zero-order valence-electron chi connectivity index (χ0n) is 9.70. The van der Waals surface area contributed by atoms with Gasteiger partial charge in [0.15, 0.2) is 0 Å². The third kappa shape index (κ3) is 4.16. The fraction of sp³-hybridized carbons (Fsp3) is 0.167. The van der Waals surface area contributed by atoms with Gasteiger partial charge >= 0.3 is 5.69 Å². The van der Waals surface area contributed by atoms with Gasteiger partial charge in [-0.2, -0.15) is 11.8 Å². The predicted molar refractivity (Wildman–Crippen MR) is 79.1 cm³/mol. The summed E-state index contributed by atoms with van der Waals surface area (Å²) in [5.74, 6) is 1.26. The molecule has 7 heteroatoms. The standard InChI is InChI=1S/C12H10Cl2N2O2S/c13-9-2-1-7(3-10(9)14)5-19-6-8-4-11(17)16-12(18)15-8/h1-4H,5-6H2,(H2,15,16,17,18). The van der Waals surface area contributed by atoms with Crippen molar-refractivity contribution in [2.45, 2.75) is 11.5 Å². The summed E-state index contributed by atoms with van der Waals surface area (Å²) in [7, 11) is 0. The third-order valence-electron chi connectivity index (χ3n) is 2.33. The molecule has 0 aliphatic rings. The first kappa shape index (κ1) is 14.2. The van der Waals surface area contributed by atoms with E-state index in [4.69, 9.17) is 23.2 Å². The number of hydrogen-bond donors (Lipinski definition) is 2. The molecule has 0 aliphatic carbocycles. The van der Waals surface area contributed by atoms with E-state index in [1.807, 2.05) is 6.07 Å². The van der Waals surface area contributed by atoms with Crippen LogP contribution in [0.25, 0.3) is 0 Å². The molecule has 2 rings (SSSR count). The SMILES string of the molecule is O=c1cc(CSCc2ccc(Cl)c(Cl)c2)[nH]c(=O)[nH]1. The number of H-pyrrole nitrogens is 2. The molecule has 0 spiro atoms. The predicted octanol–water partition coefficient (Wildman–Crippen LogP) is 2.80. The summed E-state index contributed by atoms with van der Waals surface area (Å²) in [5.41, 5.74) is 0.747. The van der Waals surface area contributed by atoms with Crippen LogP contribution in [0.3, 0.4) is 0 Å². The number of hydrogen-bond acceptors (Lipinski definition) is 3. The van der Waals surface area contributed by atoms with Crippen LogP contribution in [0.15, 0.2) is 33.9 Å². The van der Waals surface area contributed by atoms with Crippen molar-refractivity contribution in [3.05, 3.63) is 66.4 Å². The van der Waals surface area contributed by atoms with Crippen LogP contribution < -0.4 is 11.2 Å². The van der Waals surface area contributed by atoms with Gasteiger partial charge in [0.25, 0.3) is 5.56 Å². The lowest BCUT2D eigenvalue weighted by molar-refractivity contribution is 0.986. The van der Waals surface area contributed by atoms with Gasteiger partial charge in [0.05, 0.1) is 10.0 Å². The van der Waals surface area contributed by atoms with Gasteiger partial charge in [-0.25, -0.2) is 4.79 Å². The monoisotopic (exact) mass is 316 g/mol. The van der Waals surface area contributed by atoms with Gasteiger partial charge in [-0.05, 0) is 17.7 Å². The van der Waals surface area contributed by atoms with Crippen LogP contribution in [-0.2, 0) is 11.5 Å². The second-order valence-corrected chi connectivity index (χ2v) is 5.65. The Morgan fingerprint density at radius 3 is 2.47 bits per heavy atom. The van der Waals surface area contributed by atoms with Crippen LogP contribution in [0.1, 0.15) is 11.3 Å². The second kappa shape index (κ2) is 6.32. The summed E-state index contributed by atoms with van der Waals surface area (Å²) in [5, 5.41) is 1.04. The van der Waals surface area contributed by atoms with Gasteiger partial charge in [0.2, 0.25) is 0 Å². The van der Waals surface area contributed by atoms with Gasteiger partial charge in [0.1, 0.15) is 0 Å². The van der Waals surface area contributed by atoms with Crippen LogP contribution in [0.4, 0.5) is 0 Å². The molecule has 0 unspecified atom stereocenters. The highest BCUT2D eigenvalue weighted by Crippen LogP contribution is 2.25. The van der Waals surface area contributed by atoms with Crippen LogP contribution in [0, 0.1) is 0 Å². The highest BCUT2D eigenvalue weighted by Gasteiger charge is 2.01. The molecule has 2 aromatic rings. The number of nitrogens with one attached hydrogen (secondary N) is 2. The zero-order valence-corrected chi connectivity index (χ0v) is 12.0. The number of aromatic amines is 2. The largest absolute Gasteiger partial charge is 0.325 e. The molecular formula is C12H10Cl2N2O2S. The second-order valence-electron chi connectivity index (χ2n) is 3.85. The summed E-state index contributed by atoms with van der Waals surface area (Å²) < 4.78 is 0. The first-order valence-corrected chi connectivity index (χ1v) is 7.30. The zero-order chi connectivity index (χ0) is 13.8. The first-order chi connectivity index (χ1) is 9.04. The third-order valence-corrected chi connectivity index (χ3v) is 4.12. The topological polar surface area (TPSA) is 65.7 Å². The maximum absolute atomic E-state index is 11.1. The van der Waals surface area contributed by atoms with Gasteiger partial charge in [-0.3, -0.25) is 9.78 Å². The van der Waals surface area contributed by atoms with Crippen molar-refractivity contribution in [2.75, 3.05) is 0 Å². The summed E-state index contributed by atoms with van der Waals surface area (Å²) in [6.07, 6.45) is 0. The van der Waals surface area contributed by atoms with Crippen molar-refractivity contribution in [1.82, 2.24) is 9.97 Å². The maximum Gasteiger partial charge on any atom is 0.325 e. The van der Waals surface area contributed by atoms with Crippen molar-refractivity contribution in [1.29, 1.82) is 0 Å². The van der Waals surface area contributed by atoms with Crippen molar-refractivity contribution < 1.29 is 0 Å². The Hall–Kier alpha value is -1.17. The molecule has 0 saturated heterocycles. The van der Waals surface area contributed by atoms with E-state index in [0.29, 0.717) is 27.2 Å². The van der Waals surface area contributed by atoms with Crippen LogP contribution >= 0.6 is 35.0 Å². The van der Waals surface area contributed by atoms with E-state index in [1.165, 1.54) is 6.07 Å². The molecule has 4 nitrogen and oxygen atoms in total. The minimum Gasteiger partial charge on any atom is -0.310 e. The number of rotatable bonds is 4. The van der Waals surface area contributed by atoms with Crippen LogP contribution in [0.2, 0.25) is 10.0 Å². The Balaban J connectivity index is 1.98. The van der Waals surface area contributed by atoms with E-state index < -0.39 is 11.2 Å². The van der Waals surface area contributed by atoms with Crippen molar-refractivity contribution in [3.8, 4) is 0 Å². The Morgan fingerprint density at radius 1 is 1.00 bits per heavy atom. The molecular weight excluding hydrogens is 307 g/mol. The van der Waals surface area contributed by atoms with E-state index in [-0.39, 0.29) is 0 Å². The molecule has 0 radical (unpaired) electrons. The van der Waals surface area contributed by atoms with Gasteiger partial charge in [-0.15, -0.1) is 0 Å². The highest BCUT2D eigenvalue weighted by atomic mass is 35.5. The molecule has 0 atom stereocenters. The molecule has 0 bridgehead atoms. The molecule has 19 heavy (non-hydrogen) atoms. The van der Waals surface area contributed by atoms with Crippen LogP contribution in [-0.4, -0.2) is 9.97 Å². The quantitative estimate of drug-likeness (QED) is 0.911. The molecule has 0 amide bonds. The molecule has 2 N–H and O–H groups in total.